The number of likely N-dealkylation sites (tertiary alicyclic amines) is 1. The highest BCUT2D eigenvalue weighted by Gasteiger charge is 2.70. The lowest BCUT2D eigenvalue weighted by atomic mass is 10.1. The van der Waals surface area contributed by atoms with Crippen LogP contribution in [0.15, 0.2) is 0 Å². The van der Waals surface area contributed by atoms with Crippen molar-refractivity contribution in [3.8, 4) is 0 Å². The molecule has 2 rings (SSSR count). The van der Waals surface area contributed by atoms with Gasteiger partial charge in [0.05, 0.1) is 11.6 Å². The molecule has 0 N–H and O–H groups in total. The van der Waals surface area contributed by atoms with E-state index in [2.05, 4.69) is 0 Å². The Hall–Kier alpha value is -0.700. The molecule has 0 bridgehead atoms. The number of Topliss-reactive ketones (excluding diaryl/α,β-unsaturated/α-hetero) is 2. The lowest BCUT2D eigenvalue weighted by molar-refractivity contribution is -0.123. The summed E-state index contributed by atoms with van der Waals surface area (Å²) in [4.78, 5) is 24.7. The van der Waals surface area contributed by atoms with Crippen molar-refractivity contribution >= 4 is 11.6 Å². The Balaban J connectivity index is 2.36. The molecule has 3 atom stereocenters. The fourth-order valence-electron chi connectivity index (χ4n) is 2.44. The van der Waals surface area contributed by atoms with Crippen molar-refractivity contribution in [2.24, 2.45) is 5.92 Å². The van der Waals surface area contributed by atoms with Gasteiger partial charge in [-0.1, -0.05) is 0 Å². The number of hydrogen-bond donors (Lipinski definition) is 0. The number of rotatable bonds is 1. The van der Waals surface area contributed by atoms with Crippen LogP contribution in [0.3, 0.4) is 0 Å². The minimum atomic E-state index is -0.392. The number of piperidine rings is 1. The van der Waals surface area contributed by atoms with Crippen molar-refractivity contribution in [1.29, 1.82) is 0 Å². The molecule has 12 heavy (non-hydrogen) atoms. The van der Waals surface area contributed by atoms with Crippen molar-refractivity contribution in [3.05, 3.63) is 0 Å². The summed E-state index contributed by atoms with van der Waals surface area (Å²) in [7, 11) is 1.87. The van der Waals surface area contributed by atoms with E-state index in [-0.39, 0.29) is 23.5 Å². The first kappa shape index (κ1) is 7.92. The number of nitrogens with zero attached hydrogens (tertiary/aromatic N) is 1. The van der Waals surface area contributed by atoms with Crippen LogP contribution in [-0.2, 0) is 9.59 Å². The SMILES string of the molecule is CC(=O)C12CC1C(=O)C(C)N2C. The molecule has 0 amide bonds. The molecular weight excluding hydrogens is 154 g/mol. The third-order valence-electron chi connectivity index (χ3n) is 3.51. The van der Waals surface area contributed by atoms with Crippen LogP contribution in [0.2, 0.25) is 0 Å². The van der Waals surface area contributed by atoms with E-state index in [1.54, 1.807) is 6.92 Å². The minimum Gasteiger partial charge on any atom is -0.298 e. The average molecular weight is 167 g/mol. The number of carbonyl (C=O) groups excluding carboxylic acids is 2. The van der Waals surface area contributed by atoms with E-state index < -0.39 is 5.54 Å². The highest BCUT2D eigenvalue weighted by Crippen LogP contribution is 2.55. The van der Waals surface area contributed by atoms with Crippen LogP contribution in [0.5, 0.6) is 0 Å². The van der Waals surface area contributed by atoms with Gasteiger partial charge in [-0.15, -0.1) is 0 Å². The molecule has 0 aromatic rings. The van der Waals surface area contributed by atoms with Crippen molar-refractivity contribution < 1.29 is 9.59 Å². The zero-order valence-corrected chi connectivity index (χ0v) is 7.63. The second kappa shape index (κ2) is 1.96. The Bertz CT molecular complexity index is 274. The molecule has 1 aliphatic heterocycles. The highest BCUT2D eigenvalue weighted by atomic mass is 16.2. The Labute approximate surface area is 71.7 Å². The first-order valence-corrected chi connectivity index (χ1v) is 4.29. The molecule has 3 nitrogen and oxygen atoms in total. The summed E-state index contributed by atoms with van der Waals surface area (Å²) in [5, 5.41) is 0. The number of ketones is 2. The molecule has 0 aromatic carbocycles. The molecule has 0 radical (unpaired) electrons. The second-order valence-electron chi connectivity index (χ2n) is 3.93. The van der Waals surface area contributed by atoms with E-state index in [0.717, 1.165) is 6.42 Å². The molecule has 3 unspecified atom stereocenters. The highest BCUT2D eigenvalue weighted by molar-refractivity contribution is 6.05. The summed E-state index contributed by atoms with van der Waals surface area (Å²) in [6.45, 7) is 3.46. The summed E-state index contributed by atoms with van der Waals surface area (Å²) in [6.07, 6.45) is 0.752. The van der Waals surface area contributed by atoms with Gasteiger partial charge in [-0.2, -0.15) is 0 Å². The first-order chi connectivity index (χ1) is 5.51. The smallest absolute Gasteiger partial charge is 0.155 e. The predicted octanol–water partition coefficient (Wildman–Crippen LogP) is 0.237. The predicted molar refractivity (Wildman–Crippen MR) is 43.8 cm³/mol. The van der Waals surface area contributed by atoms with Crippen LogP contribution < -0.4 is 0 Å². The molecule has 1 aliphatic carbocycles. The molecule has 1 saturated heterocycles. The molecule has 3 heteroatoms. The molecule has 2 aliphatic rings. The Morgan fingerprint density at radius 1 is 1.67 bits per heavy atom. The van der Waals surface area contributed by atoms with Gasteiger partial charge in [0, 0.05) is 5.92 Å². The van der Waals surface area contributed by atoms with Gasteiger partial charge in [0.15, 0.2) is 11.6 Å². The topological polar surface area (TPSA) is 37.4 Å². The van der Waals surface area contributed by atoms with Crippen molar-refractivity contribution in [2.45, 2.75) is 31.8 Å². The van der Waals surface area contributed by atoms with E-state index in [9.17, 15) is 9.59 Å². The van der Waals surface area contributed by atoms with Gasteiger partial charge >= 0.3 is 0 Å². The largest absolute Gasteiger partial charge is 0.298 e. The van der Waals surface area contributed by atoms with Crippen LogP contribution in [0.25, 0.3) is 0 Å². The standard InChI is InChI=1S/C9H13NO2/c1-5-8(12)7-4-9(7,6(2)11)10(5)3/h5,7H,4H2,1-3H3. The molecule has 1 saturated carbocycles. The number of likely N-dealkylation sites (N-methyl/N-ethyl adjacent to an activating group) is 1. The number of carbonyl (C=O) groups is 2. The molecule has 1 heterocycles. The van der Waals surface area contributed by atoms with E-state index in [0.29, 0.717) is 0 Å². The lowest BCUT2D eigenvalue weighted by Crippen LogP contribution is -2.41. The summed E-state index contributed by atoms with van der Waals surface area (Å²) in [6, 6.07) is -0.0624. The summed E-state index contributed by atoms with van der Waals surface area (Å²) < 4.78 is 0. The van der Waals surface area contributed by atoms with E-state index in [4.69, 9.17) is 0 Å². The Morgan fingerprint density at radius 3 is 2.50 bits per heavy atom. The maximum absolute atomic E-state index is 11.5. The van der Waals surface area contributed by atoms with Gasteiger partial charge in [-0.3, -0.25) is 14.5 Å². The monoisotopic (exact) mass is 167 g/mol. The fourth-order valence-corrected chi connectivity index (χ4v) is 2.44. The van der Waals surface area contributed by atoms with Gasteiger partial charge in [0.2, 0.25) is 0 Å². The quantitative estimate of drug-likeness (QED) is 0.561. The molecular formula is C9H13NO2. The molecule has 0 spiro atoms. The minimum absolute atomic E-state index is 0.00926. The second-order valence-corrected chi connectivity index (χ2v) is 3.93. The van der Waals surface area contributed by atoms with Gasteiger partial charge in [0.25, 0.3) is 0 Å². The van der Waals surface area contributed by atoms with E-state index in [1.165, 1.54) is 0 Å². The molecule has 66 valence electrons. The number of hydrogen-bond acceptors (Lipinski definition) is 3. The average Bonchev–Trinajstić information content (AvgIpc) is 2.71. The van der Waals surface area contributed by atoms with E-state index >= 15 is 0 Å². The van der Waals surface area contributed by atoms with Crippen molar-refractivity contribution in [1.82, 2.24) is 4.90 Å². The van der Waals surface area contributed by atoms with Gasteiger partial charge < -0.3 is 0 Å². The summed E-state index contributed by atoms with van der Waals surface area (Å²) >= 11 is 0. The van der Waals surface area contributed by atoms with Crippen molar-refractivity contribution in [2.75, 3.05) is 7.05 Å². The van der Waals surface area contributed by atoms with Crippen LogP contribution in [0, 0.1) is 5.92 Å². The fraction of sp³-hybridized carbons (Fsp3) is 0.778. The van der Waals surface area contributed by atoms with Gasteiger partial charge in [0.1, 0.15) is 0 Å². The Kier molecular flexibility index (Phi) is 1.30. The normalized spacial score (nSPS) is 46.1. The van der Waals surface area contributed by atoms with Crippen LogP contribution in [0.1, 0.15) is 20.3 Å². The summed E-state index contributed by atoms with van der Waals surface area (Å²) in [5.74, 6) is 0.399. The third-order valence-corrected chi connectivity index (χ3v) is 3.51. The lowest BCUT2D eigenvalue weighted by Gasteiger charge is -2.24. The van der Waals surface area contributed by atoms with Crippen molar-refractivity contribution in [3.63, 3.8) is 0 Å². The molecule has 0 aromatic heterocycles. The molecule has 2 fully saturated rings. The van der Waals surface area contributed by atoms with E-state index in [1.807, 2.05) is 18.9 Å². The third kappa shape index (κ3) is 0.614. The zero-order valence-electron chi connectivity index (χ0n) is 7.63. The maximum Gasteiger partial charge on any atom is 0.155 e. The van der Waals surface area contributed by atoms with Crippen LogP contribution in [-0.4, -0.2) is 35.1 Å². The maximum atomic E-state index is 11.5. The van der Waals surface area contributed by atoms with Gasteiger partial charge in [-0.05, 0) is 27.3 Å². The number of fused-ring (bicyclic) bond motifs is 1. The first-order valence-electron chi connectivity index (χ1n) is 4.29. The zero-order chi connectivity index (χ0) is 9.09. The van der Waals surface area contributed by atoms with Crippen LogP contribution in [0.4, 0.5) is 0 Å². The Morgan fingerprint density at radius 2 is 2.25 bits per heavy atom. The van der Waals surface area contributed by atoms with Crippen LogP contribution >= 0.6 is 0 Å². The summed E-state index contributed by atoms with van der Waals surface area (Å²) in [5.41, 5.74) is -0.392. The van der Waals surface area contributed by atoms with Gasteiger partial charge in [-0.25, -0.2) is 0 Å².